The van der Waals surface area contributed by atoms with E-state index < -0.39 is 0 Å². The molecule has 6 nitrogen and oxygen atoms in total. The number of nitrogens with zero attached hydrogens (tertiary/aromatic N) is 4. The summed E-state index contributed by atoms with van der Waals surface area (Å²) >= 11 is 5.92. The molecule has 0 aromatic carbocycles. The normalized spacial score (nSPS) is 10.6. The number of nitrogens with two attached hydrogens (primary N) is 1. The van der Waals surface area contributed by atoms with Gasteiger partial charge >= 0.3 is 0 Å². The van der Waals surface area contributed by atoms with Crippen LogP contribution in [0.15, 0.2) is 6.20 Å². The van der Waals surface area contributed by atoms with Crippen molar-refractivity contribution in [3.8, 4) is 11.6 Å². The zero-order valence-electron chi connectivity index (χ0n) is 9.73. The fraction of sp³-hybridized carbons (Fsp3) is 0.300. The molecule has 90 valence electrons. The van der Waals surface area contributed by atoms with Crippen LogP contribution in [0.25, 0.3) is 0 Å². The van der Waals surface area contributed by atoms with Gasteiger partial charge in [-0.05, 0) is 13.8 Å². The van der Waals surface area contributed by atoms with Gasteiger partial charge in [0, 0.05) is 7.05 Å². The van der Waals surface area contributed by atoms with Gasteiger partial charge in [0.15, 0.2) is 5.75 Å². The summed E-state index contributed by atoms with van der Waals surface area (Å²) in [4.78, 5) is 7.70. The number of halogens is 1. The molecule has 2 rings (SSSR count). The van der Waals surface area contributed by atoms with Crippen LogP contribution in [0.5, 0.6) is 11.6 Å². The number of aryl methyl sites for hydroxylation is 2. The highest BCUT2D eigenvalue weighted by Gasteiger charge is 2.14. The summed E-state index contributed by atoms with van der Waals surface area (Å²) in [5, 5.41) is 4.54. The van der Waals surface area contributed by atoms with Gasteiger partial charge in [-0.3, -0.25) is 4.68 Å². The van der Waals surface area contributed by atoms with E-state index in [2.05, 4.69) is 15.1 Å². The van der Waals surface area contributed by atoms with Crippen molar-refractivity contribution in [2.45, 2.75) is 13.8 Å². The molecule has 2 heterocycles. The Balaban J connectivity index is 2.41. The molecular weight excluding hydrogens is 242 g/mol. The number of hydrogen-bond acceptors (Lipinski definition) is 5. The maximum absolute atomic E-state index is 5.92. The molecular formula is C10H12ClN5O. The second-order valence-corrected chi connectivity index (χ2v) is 4.01. The Morgan fingerprint density at radius 3 is 2.71 bits per heavy atom. The van der Waals surface area contributed by atoms with E-state index in [1.165, 1.54) is 6.20 Å². The van der Waals surface area contributed by atoms with Gasteiger partial charge in [-0.2, -0.15) is 10.1 Å². The highest BCUT2D eigenvalue weighted by Crippen LogP contribution is 2.31. The van der Waals surface area contributed by atoms with Gasteiger partial charge in [0.25, 0.3) is 0 Å². The van der Waals surface area contributed by atoms with Gasteiger partial charge in [0.2, 0.25) is 11.8 Å². The van der Waals surface area contributed by atoms with Crippen molar-refractivity contribution in [2.24, 2.45) is 7.05 Å². The quantitative estimate of drug-likeness (QED) is 0.884. The molecule has 0 radical (unpaired) electrons. The second kappa shape index (κ2) is 4.21. The fourth-order valence-electron chi connectivity index (χ4n) is 1.43. The lowest BCUT2D eigenvalue weighted by Crippen LogP contribution is -1.98. The van der Waals surface area contributed by atoms with Gasteiger partial charge in [0.05, 0.1) is 11.9 Å². The van der Waals surface area contributed by atoms with Crippen molar-refractivity contribution in [2.75, 3.05) is 5.73 Å². The molecule has 0 aliphatic rings. The molecule has 0 saturated carbocycles. The summed E-state index contributed by atoms with van der Waals surface area (Å²) in [7, 11) is 1.84. The van der Waals surface area contributed by atoms with Gasteiger partial charge in [-0.15, -0.1) is 0 Å². The van der Waals surface area contributed by atoms with E-state index in [0.29, 0.717) is 10.8 Å². The standard InChI is InChI=1S/C10H12ClN5O/c1-5-8(6(2)16(3)15-5)17-9-7(11)4-13-10(12)14-9/h4H,1-3H3,(H2,12,13,14). The van der Waals surface area contributed by atoms with Gasteiger partial charge in [-0.25, -0.2) is 4.98 Å². The number of ether oxygens (including phenoxy) is 1. The van der Waals surface area contributed by atoms with E-state index in [-0.39, 0.29) is 11.8 Å². The molecule has 0 aliphatic carbocycles. The fourth-order valence-corrected chi connectivity index (χ4v) is 1.56. The molecule has 0 amide bonds. The van der Waals surface area contributed by atoms with Crippen LogP contribution in [0.3, 0.4) is 0 Å². The molecule has 0 aliphatic heterocycles. The summed E-state index contributed by atoms with van der Waals surface area (Å²) in [6, 6.07) is 0. The molecule has 2 aromatic rings. The third-order valence-electron chi connectivity index (χ3n) is 2.37. The molecule has 2 aromatic heterocycles. The van der Waals surface area contributed by atoms with Crippen LogP contribution in [-0.2, 0) is 7.05 Å². The Kier molecular flexibility index (Phi) is 2.89. The first-order valence-electron chi connectivity index (χ1n) is 4.95. The Hall–Kier alpha value is -1.82. The lowest BCUT2D eigenvalue weighted by molar-refractivity contribution is 0.455. The number of aromatic nitrogens is 4. The van der Waals surface area contributed by atoms with Gasteiger partial charge in [0.1, 0.15) is 10.7 Å². The predicted molar refractivity (Wildman–Crippen MR) is 64.2 cm³/mol. The third kappa shape index (κ3) is 2.16. The molecule has 17 heavy (non-hydrogen) atoms. The monoisotopic (exact) mass is 253 g/mol. The molecule has 7 heteroatoms. The third-order valence-corrected chi connectivity index (χ3v) is 2.63. The molecule has 2 N–H and O–H groups in total. The summed E-state index contributed by atoms with van der Waals surface area (Å²) < 4.78 is 7.35. The van der Waals surface area contributed by atoms with Crippen LogP contribution < -0.4 is 10.5 Å². The molecule has 0 unspecified atom stereocenters. The first kappa shape index (κ1) is 11.7. The van der Waals surface area contributed by atoms with Crippen molar-refractivity contribution in [3.05, 3.63) is 22.6 Å². The van der Waals surface area contributed by atoms with Crippen LogP contribution >= 0.6 is 11.6 Å². The lowest BCUT2D eigenvalue weighted by Gasteiger charge is -2.06. The molecule has 0 atom stereocenters. The SMILES string of the molecule is Cc1nn(C)c(C)c1Oc1nc(N)ncc1Cl. The first-order chi connectivity index (χ1) is 7.99. The average Bonchev–Trinajstić information content (AvgIpc) is 2.50. The molecule has 0 spiro atoms. The van der Waals surface area contributed by atoms with Crippen molar-refractivity contribution < 1.29 is 4.74 Å². The zero-order valence-corrected chi connectivity index (χ0v) is 10.5. The van der Waals surface area contributed by atoms with Crippen LogP contribution in [0.1, 0.15) is 11.4 Å². The summed E-state index contributed by atoms with van der Waals surface area (Å²) in [6.45, 7) is 3.74. The number of hydrogen-bond donors (Lipinski definition) is 1. The van der Waals surface area contributed by atoms with E-state index in [1.54, 1.807) is 4.68 Å². The topological polar surface area (TPSA) is 78.8 Å². The first-order valence-corrected chi connectivity index (χ1v) is 5.33. The van der Waals surface area contributed by atoms with Crippen molar-refractivity contribution in [3.63, 3.8) is 0 Å². The Morgan fingerprint density at radius 2 is 2.12 bits per heavy atom. The van der Waals surface area contributed by atoms with Gasteiger partial charge < -0.3 is 10.5 Å². The van der Waals surface area contributed by atoms with Crippen LogP contribution in [-0.4, -0.2) is 19.7 Å². The van der Waals surface area contributed by atoms with Crippen LogP contribution in [0.4, 0.5) is 5.95 Å². The minimum absolute atomic E-state index is 0.114. The second-order valence-electron chi connectivity index (χ2n) is 3.61. The Morgan fingerprint density at radius 1 is 1.41 bits per heavy atom. The highest BCUT2D eigenvalue weighted by atomic mass is 35.5. The van der Waals surface area contributed by atoms with E-state index >= 15 is 0 Å². The maximum atomic E-state index is 5.92. The molecule has 0 bridgehead atoms. The average molecular weight is 254 g/mol. The zero-order chi connectivity index (χ0) is 12.6. The number of rotatable bonds is 2. The lowest BCUT2D eigenvalue weighted by atomic mass is 10.3. The summed E-state index contributed by atoms with van der Waals surface area (Å²) in [5.41, 5.74) is 7.13. The largest absolute Gasteiger partial charge is 0.433 e. The Bertz CT molecular complexity index is 566. The minimum Gasteiger partial charge on any atom is -0.433 e. The predicted octanol–water partition coefficient (Wildman–Crippen LogP) is 1.85. The summed E-state index contributed by atoms with van der Waals surface area (Å²) in [5.74, 6) is 0.981. The van der Waals surface area contributed by atoms with E-state index in [0.717, 1.165) is 11.4 Å². The molecule has 0 saturated heterocycles. The smallest absolute Gasteiger partial charge is 0.243 e. The van der Waals surface area contributed by atoms with Crippen molar-refractivity contribution in [1.82, 2.24) is 19.7 Å². The van der Waals surface area contributed by atoms with Gasteiger partial charge in [-0.1, -0.05) is 11.6 Å². The number of nitrogen functional groups attached to an aromatic ring is 1. The Labute approximate surface area is 103 Å². The van der Waals surface area contributed by atoms with Crippen LogP contribution in [0.2, 0.25) is 5.02 Å². The maximum Gasteiger partial charge on any atom is 0.243 e. The van der Waals surface area contributed by atoms with E-state index in [4.69, 9.17) is 22.1 Å². The summed E-state index contributed by atoms with van der Waals surface area (Å²) in [6.07, 6.45) is 1.40. The van der Waals surface area contributed by atoms with Crippen molar-refractivity contribution >= 4 is 17.5 Å². The minimum atomic E-state index is 0.114. The number of anilines is 1. The van der Waals surface area contributed by atoms with E-state index in [1.807, 2.05) is 20.9 Å². The van der Waals surface area contributed by atoms with Crippen molar-refractivity contribution in [1.29, 1.82) is 0 Å². The van der Waals surface area contributed by atoms with Crippen LogP contribution in [0, 0.1) is 13.8 Å². The molecule has 0 fully saturated rings. The highest BCUT2D eigenvalue weighted by molar-refractivity contribution is 6.31. The van der Waals surface area contributed by atoms with E-state index in [9.17, 15) is 0 Å².